The summed E-state index contributed by atoms with van der Waals surface area (Å²) >= 11 is 0. The molecule has 2 heteroatoms. The highest BCUT2D eigenvalue weighted by molar-refractivity contribution is 4.89. The van der Waals surface area contributed by atoms with Crippen LogP contribution in [0.2, 0.25) is 0 Å². The van der Waals surface area contributed by atoms with Crippen LogP contribution in [0.15, 0.2) is 0 Å². The minimum Gasteiger partial charge on any atom is -0.328 e. The van der Waals surface area contributed by atoms with Gasteiger partial charge in [0.05, 0.1) is 0 Å². The van der Waals surface area contributed by atoms with Crippen molar-refractivity contribution in [1.29, 1.82) is 0 Å². The van der Waals surface area contributed by atoms with Crippen molar-refractivity contribution in [3.8, 4) is 0 Å². The quantitative estimate of drug-likeness (QED) is 0.556. The van der Waals surface area contributed by atoms with Gasteiger partial charge in [-0.25, -0.2) is 0 Å². The molecule has 3 atom stereocenters. The van der Waals surface area contributed by atoms with E-state index in [9.17, 15) is 0 Å². The monoisotopic (exact) mass is 154 g/mol. The lowest BCUT2D eigenvalue weighted by molar-refractivity contribution is 0.166. The summed E-state index contributed by atoms with van der Waals surface area (Å²) in [4.78, 5) is 2.44. The van der Waals surface area contributed by atoms with Gasteiger partial charge in [-0.2, -0.15) is 0 Å². The number of piperidine rings is 1. The first kappa shape index (κ1) is 7.56. The first-order valence-electron chi connectivity index (χ1n) is 4.70. The summed E-state index contributed by atoms with van der Waals surface area (Å²) in [5, 5.41) is 0. The van der Waals surface area contributed by atoms with E-state index in [0.29, 0.717) is 6.04 Å². The first-order valence-corrected chi connectivity index (χ1v) is 4.70. The van der Waals surface area contributed by atoms with Crippen molar-refractivity contribution in [2.75, 3.05) is 20.1 Å². The van der Waals surface area contributed by atoms with Crippen molar-refractivity contribution >= 4 is 0 Å². The second kappa shape index (κ2) is 2.76. The molecule has 2 rings (SSSR count). The molecule has 0 radical (unpaired) electrons. The van der Waals surface area contributed by atoms with Gasteiger partial charge >= 0.3 is 0 Å². The van der Waals surface area contributed by atoms with Crippen LogP contribution in [0.25, 0.3) is 0 Å². The molecule has 0 amide bonds. The van der Waals surface area contributed by atoms with Crippen LogP contribution in [-0.2, 0) is 0 Å². The number of hydrogen-bond donors (Lipinski definition) is 1. The van der Waals surface area contributed by atoms with E-state index in [-0.39, 0.29) is 0 Å². The number of fused-ring (bicyclic) bond motifs is 1. The number of rotatable bonds is 0. The maximum atomic E-state index is 5.92. The van der Waals surface area contributed by atoms with Crippen LogP contribution in [0, 0.1) is 11.8 Å². The van der Waals surface area contributed by atoms with Crippen LogP contribution >= 0.6 is 0 Å². The third-order valence-electron chi connectivity index (χ3n) is 3.31. The van der Waals surface area contributed by atoms with Crippen LogP contribution in [0.4, 0.5) is 0 Å². The van der Waals surface area contributed by atoms with E-state index in [1.54, 1.807) is 0 Å². The minimum absolute atomic E-state index is 0.511. The van der Waals surface area contributed by atoms with Crippen molar-refractivity contribution in [2.24, 2.45) is 17.6 Å². The summed E-state index contributed by atoms with van der Waals surface area (Å²) in [6.07, 6.45) is 3.95. The molecule has 1 saturated heterocycles. The van der Waals surface area contributed by atoms with E-state index < -0.39 is 0 Å². The average Bonchev–Trinajstić information content (AvgIpc) is 2.27. The molecule has 64 valence electrons. The van der Waals surface area contributed by atoms with Gasteiger partial charge in [0.1, 0.15) is 0 Å². The first-order chi connectivity index (χ1) is 5.25. The van der Waals surface area contributed by atoms with Gasteiger partial charge < -0.3 is 10.6 Å². The van der Waals surface area contributed by atoms with Gasteiger partial charge in [0.2, 0.25) is 0 Å². The summed E-state index contributed by atoms with van der Waals surface area (Å²) in [6.45, 7) is 2.58. The number of likely N-dealkylation sites (tertiary alicyclic amines) is 1. The highest BCUT2D eigenvalue weighted by Crippen LogP contribution is 2.36. The van der Waals surface area contributed by atoms with E-state index in [1.807, 2.05) is 0 Å². The van der Waals surface area contributed by atoms with Gasteiger partial charge in [0, 0.05) is 12.6 Å². The van der Waals surface area contributed by atoms with E-state index in [1.165, 1.54) is 32.4 Å². The Balaban J connectivity index is 1.97. The van der Waals surface area contributed by atoms with E-state index in [2.05, 4.69) is 11.9 Å². The summed E-state index contributed by atoms with van der Waals surface area (Å²) in [6, 6.07) is 0.511. The molecular weight excluding hydrogens is 136 g/mol. The normalized spacial score (nSPS) is 45.8. The zero-order valence-electron chi connectivity index (χ0n) is 7.29. The molecule has 1 aliphatic carbocycles. The lowest BCUT2D eigenvalue weighted by Gasteiger charge is -2.32. The van der Waals surface area contributed by atoms with Gasteiger partial charge in [-0.1, -0.05) is 0 Å². The average molecular weight is 154 g/mol. The fourth-order valence-electron chi connectivity index (χ4n) is 2.71. The molecule has 0 unspecified atom stereocenters. The molecule has 2 fully saturated rings. The third-order valence-corrected chi connectivity index (χ3v) is 3.31. The zero-order valence-corrected chi connectivity index (χ0v) is 7.29. The molecule has 1 saturated carbocycles. The molecule has 0 aromatic rings. The van der Waals surface area contributed by atoms with Crippen molar-refractivity contribution in [2.45, 2.75) is 25.3 Å². The number of nitrogens with two attached hydrogens (primary N) is 1. The van der Waals surface area contributed by atoms with Crippen molar-refractivity contribution in [3.05, 3.63) is 0 Å². The molecule has 0 aromatic heterocycles. The lowest BCUT2D eigenvalue weighted by Crippen LogP contribution is -2.35. The fourth-order valence-corrected chi connectivity index (χ4v) is 2.71. The molecule has 0 bridgehead atoms. The van der Waals surface area contributed by atoms with Crippen LogP contribution in [0.3, 0.4) is 0 Å². The van der Waals surface area contributed by atoms with Crippen LogP contribution in [-0.4, -0.2) is 31.1 Å². The summed E-state index contributed by atoms with van der Waals surface area (Å²) < 4.78 is 0. The lowest BCUT2D eigenvalue weighted by atomic mass is 9.89. The number of nitrogens with zero attached hydrogens (tertiary/aromatic N) is 1. The van der Waals surface area contributed by atoms with Crippen molar-refractivity contribution in [1.82, 2.24) is 4.90 Å². The Kier molecular flexibility index (Phi) is 1.90. The van der Waals surface area contributed by atoms with Crippen LogP contribution in [0.5, 0.6) is 0 Å². The maximum Gasteiger partial charge on any atom is 0.00448 e. The summed E-state index contributed by atoms with van der Waals surface area (Å²) in [5.74, 6) is 1.88. The molecule has 2 aliphatic rings. The van der Waals surface area contributed by atoms with Crippen molar-refractivity contribution < 1.29 is 0 Å². The number of hydrogen-bond acceptors (Lipinski definition) is 2. The topological polar surface area (TPSA) is 29.3 Å². The Morgan fingerprint density at radius 3 is 2.82 bits per heavy atom. The Morgan fingerprint density at radius 1 is 1.27 bits per heavy atom. The van der Waals surface area contributed by atoms with E-state index in [4.69, 9.17) is 5.73 Å². The molecule has 2 N–H and O–H groups in total. The van der Waals surface area contributed by atoms with Gasteiger partial charge in [0.15, 0.2) is 0 Å². The molecule has 1 heterocycles. The second-order valence-electron chi connectivity index (χ2n) is 4.30. The molecule has 2 nitrogen and oxygen atoms in total. The van der Waals surface area contributed by atoms with Crippen LogP contribution < -0.4 is 5.73 Å². The highest BCUT2D eigenvalue weighted by atomic mass is 15.1. The molecule has 0 aromatic carbocycles. The van der Waals surface area contributed by atoms with Gasteiger partial charge in [-0.15, -0.1) is 0 Å². The summed E-state index contributed by atoms with van der Waals surface area (Å²) in [7, 11) is 2.22. The maximum absolute atomic E-state index is 5.92. The van der Waals surface area contributed by atoms with Gasteiger partial charge in [-0.3, -0.25) is 0 Å². The predicted octanol–water partition coefficient (Wildman–Crippen LogP) is 0.675. The van der Waals surface area contributed by atoms with Crippen LogP contribution in [0.1, 0.15) is 19.3 Å². The molecule has 1 aliphatic heterocycles. The smallest absolute Gasteiger partial charge is 0.00448 e. The highest BCUT2D eigenvalue weighted by Gasteiger charge is 2.35. The van der Waals surface area contributed by atoms with Crippen molar-refractivity contribution in [3.63, 3.8) is 0 Å². The fraction of sp³-hybridized carbons (Fsp3) is 1.00. The molecule has 11 heavy (non-hydrogen) atoms. The van der Waals surface area contributed by atoms with Gasteiger partial charge in [0.25, 0.3) is 0 Å². The second-order valence-corrected chi connectivity index (χ2v) is 4.30. The molecule has 0 spiro atoms. The molecular formula is C9H18N2. The third kappa shape index (κ3) is 1.42. The summed E-state index contributed by atoms with van der Waals surface area (Å²) in [5.41, 5.74) is 5.92. The zero-order chi connectivity index (χ0) is 7.84. The largest absolute Gasteiger partial charge is 0.328 e. The van der Waals surface area contributed by atoms with Gasteiger partial charge in [-0.05, 0) is 44.7 Å². The minimum atomic E-state index is 0.511. The van der Waals surface area contributed by atoms with E-state index >= 15 is 0 Å². The SMILES string of the molecule is CN1CC[C@H]2C[C@H](N)C[C@H]2C1. The Labute approximate surface area is 68.7 Å². The Morgan fingerprint density at radius 2 is 2.00 bits per heavy atom. The Bertz CT molecular complexity index is 146. The standard InChI is InChI=1S/C9H18N2/c1-11-3-2-7-4-9(10)5-8(7)6-11/h7-9H,2-6,10H2,1H3/t7-,8-,9-/m0/s1. The Hall–Kier alpha value is -0.0800. The predicted molar refractivity (Wildman–Crippen MR) is 46.3 cm³/mol. The van der Waals surface area contributed by atoms with E-state index in [0.717, 1.165) is 11.8 Å².